The molecule has 1 heterocycles. The molecule has 0 aromatic heterocycles. The lowest BCUT2D eigenvalue weighted by Crippen LogP contribution is -2.48. The molecule has 0 atom stereocenters. The summed E-state index contributed by atoms with van der Waals surface area (Å²) in [6, 6.07) is 7.94. The first kappa shape index (κ1) is 21.8. The SMILES string of the molecule is C=CCOc1ccc(CN(C)CC(=O)NC2CCN(C(=O)OCC)CC2)cc1. The van der Waals surface area contributed by atoms with Gasteiger partial charge < -0.3 is 19.7 Å². The highest BCUT2D eigenvalue weighted by molar-refractivity contribution is 5.78. The molecule has 1 aliphatic rings. The summed E-state index contributed by atoms with van der Waals surface area (Å²) in [5, 5.41) is 3.07. The van der Waals surface area contributed by atoms with Crippen LogP contribution in [-0.4, -0.2) is 67.7 Å². The summed E-state index contributed by atoms with van der Waals surface area (Å²) < 4.78 is 10.5. The largest absolute Gasteiger partial charge is 0.490 e. The van der Waals surface area contributed by atoms with Gasteiger partial charge in [0.2, 0.25) is 5.91 Å². The van der Waals surface area contributed by atoms with E-state index in [9.17, 15) is 9.59 Å². The van der Waals surface area contributed by atoms with Gasteiger partial charge in [-0.1, -0.05) is 24.8 Å². The monoisotopic (exact) mass is 389 g/mol. The minimum atomic E-state index is -0.270. The molecule has 1 saturated heterocycles. The normalized spacial score (nSPS) is 14.6. The highest BCUT2D eigenvalue weighted by Crippen LogP contribution is 2.14. The Bertz CT molecular complexity index is 640. The van der Waals surface area contributed by atoms with Crippen LogP contribution in [0.5, 0.6) is 5.75 Å². The van der Waals surface area contributed by atoms with E-state index in [1.807, 2.05) is 36.2 Å². The van der Waals surface area contributed by atoms with E-state index in [-0.39, 0.29) is 18.0 Å². The topological polar surface area (TPSA) is 71.1 Å². The number of benzene rings is 1. The molecule has 0 aliphatic carbocycles. The van der Waals surface area contributed by atoms with Crippen LogP contribution >= 0.6 is 0 Å². The second-order valence-corrected chi connectivity index (χ2v) is 6.94. The van der Waals surface area contributed by atoms with Crippen molar-refractivity contribution in [2.75, 3.05) is 39.9 Å². The molecule has 7 nitrogen and oxygen atoms in total. The fourth-order valence-electron chi connectivity index (χ4n) is 3.15. The second-order valence-electron chi connectivity index (χ2n) is 6.94. The van der Waals surface area contributed by atoms with E-state index in [0.717, 1.165) is 24.2 Å². The second kappa shape index (κ2) is 11.3. The first-order chi connectivity index (χ1) is 13.5. The number of carbonyl (C=O) groups excluding carboxylic acids is 2. The molecule has 1 aromatic carbocycles. The van der Waals surface area contributed by atoms with Gasteiger partial charge in [-0.2, -0.15) is 0 Å². The molecule has 1 fully saturated rings. The zero-order chi connectivity index (χ0) is 20.4. The van der Waals surface area contributed by atoms with Crippen molar-refractivity contribution in [1.29, 1.82) is 0 Å². The van der Waals surface area contributed by atoms with Crippen molar-refractivity contribution in [2.45, 2.75) is 32.4 Å². The Balaban J connectivity index is 1.70. The lowest BCUT2D eigenvalue weighted by Gasteiger charge is -2.32. The minimum Gasteiger partial charge on any atom is -0.490 e. The fourth-order valence-corrected chi connectivity index (χ4v) is 3.15. The number of rotatable bonds is 9. The molecule has 1 aromatic rings. The average molecular weight is 389 g/mol. The van der Waals surface area contributed by atoms with E-state index in [0.29, 0.717) is 39.4 Å². The van der Waals surface area contributed by atoms with Crippen LogP contribution < -0.4 is 10.1 Å². The van der Waals surface area contributed by atoms with E-state index in [4.69, 9.17) is 9.47 Å². The van der Waals surface area contributed by atoms with Crippen LogP contribution in [0.3, 0.4) is 0 Å². The van der Waals surface area contributed by atoms with Crippen molar-refractivity contribution < 1.29 is 19.1 Å². The van der Waals surface area contributed by atoms with Crippen LogP contribution in [0.2, 0.25) is 0 Å². The van der Waals surface area contributed by atoms with Gasteiger partial charge in [0.25, 0.3) is 0 Å². The van der Waals surface area contributed by atoms with Crippen molar-refractivity contribution >= 4 is 12.0 Å². The third-order valence-electron chi connectivity index (χ3n) is 4.54. The molecular formula is C21H31N3O4. The van der Waals surface area contributed by atoms with Crippen molar-refractivity contribution in [2.24, 2.45) is 0 Å². The van der Waals surface area contributed by atoms with Crippen molar-refractivity contribution in [3.05, 3.63) is 42.5 Å². The molecule has 154 valence electrons. The average Bonchev–Trinajstić information content (AvgIpc) is 2.68. The van der Waals surface area contributed by atoms with Gasteiger partial charge in [-0.3, -0.25) is 9.69 Å². The summed E-state index contributed by atoms with van der Waals surface area (Å²) in [5.74, 6) is 0.807. The molecule has 1 aliphatic heterocycles. The van der Waals surface area contributed by atoms with Gasteiger partial charge in [0.15, 0.2) is 0 Å². The zero-order valence-corrected chi connectivity index (χ0v) is 16.9. The minimum absolute atomic E-state index is 0.00280. The molecule has 7 heteroatoms. The maximum absolute atomic E-state index is 12.3. The number of ether oxygens (including phenoxy) is 2. The summed E-state index contributed by atoms with van der Waals surface area (Å²) in [7, 11) is 1.92. The maximum Gasteiger partial charge on any atom is 0.409 e. The number of piperidine rings is 1. The number of likely N-dealkylation sites (N-methyl/N-ethyl adjacent to an activating group) is 1. The van der Waals surface area contributed by atoms with Crippen molar-refractivity contribution in [3.63, 3.8) is 0 Å². The van der Waals surface area contributed by atoms with Crippen molar-refractivity contribution in [1.82, 2.24) is 15.1 Å². The number of hydrogen-bond acceptors (Lipinski definition) is 5. The number of nitrogens with one attached hydrogen (secondary N) is 1. The first-order valence-corrected chi connectivity index (χ1v) is 9.74. The van der Waals surface area contributed by atoms with Crippen LogP contribution in [0, 0.1) is 0 Å². The van der Waals surface area contributed by atoms with Gasteiger partial charge >= 0.3 is 6.09 Å². The molecule has 1 N–H and O–H groups in total. The Kier molecular flexibility index (Phi) is 8.81. The van der Waals surface area contributed by atoms with E-state index in [1.165, 1.54) is 0 Å². The Hall–Kier alpha value is -2.54. The van der Waals surface area contributed by atoms with Crippen LogP contribution in [0.25, 0.3) is 0 Å². The summed E-state index contributed by atoms with van der Waals surface area (Å²) in [5.41, 5.74) is 1.11. The molecule has 0 unspecified atom stereocenters. The molecule has 2 rings (SSSR count). The lowest BCUT2D eigenvalue weighted by molar-refractivity contribution is -0.123. The van der Waals surface area contributed by atoms with E-state index < -0.39 is 0 Å². The van der Waals surface area contributed by atoms with Gasteiger partial charge in [-0.05, 0) is 44.5 Å². The number of hydrogen-bond donors (Lipinski definition) is 1. The van der Waals surface area contributed by atoms with Crippen LogP contribution in [0.1, 0.15) is 25.3 Å². The molecule has 2 amide bonds. The first-order valence-electron chi connectivity index (χ1n) is 9.74. The predicted octanol–water partition coefficient (Wildman–Crippen LogP) is 2.42. The number of amides is 2. The standard InChI is InChI=1S/C21H31N3O4/c1-4-14-28-19-8-6-17(7-9-19)15-23(3)16-20(25)22-18-10-12-24(13-11-18)21(26)27-5-2/h4,6-9,18H,1,5,10-16H2,2-3H3,(H,22,25). The smallest absolute Gasteiger partial charge is 0.409 e. The van der Waals surface area contributed by atoms with E-state index in [2.05, 4.69) is 11.9 Å². The van der Waals surface area contributed by atoms with E-state index in [1.54, 1.807) is 17.9 Å². The van der Waals surface area contributed by atoms with Crippen LogP contribution in [-0.2, 0) is 16.1 Å². The molecule has 0 bridgehead atoms. The number of nitrogens with zero attached hydrogens (tertiary/aromatic N) is 2. The van der Waals surface area contributed by atoms with Gasteiger partial charge in [-0.15, -0.1) is 0 Å². The van der Waals surface area contributed by atoms with Crippen LogP contribution in [0.15, 0.2) is 36.9 Å². The third-order valence-corrected chi connectivity index (χ3v) is 4.54. The summed E-state index contributed by atoms with van der Waals surface area (Å²) in [4.78, 5) is 27.7. The fraction of sp³-hybridized carbons (Fsp3) is 0.524. The van der Waals surface area contributed by atoms with Gasteiger partial charge in [0, 0.05) is 25.7 Å². The highest BCUT2D eigenvalue weighted by Gasteiger charge is 2.24. The molecular weight excluding hydrogens is 358 g/mol. The molecule has 0 saturated carbocycles. The quantitative estimate of drug-likeness (QED) is 0.657. The Morgan fingerprint density at radius 3 is 2.57 bits per heavy atom. The Morgan fingerprint density at radius 2 is 1.96 bits per heavy atom. The lowest BCUT2D eigenvalue weighted by atomic mass is 10.1. The zero-order valence-electron chi connectivity index (χ0n) is 16.9. The van der Waals surface area contributed by atoms with Gasteiger partial charge in [0.05, 0.1) is 13.2 Å². The Labute approximate surface area is 167 Å². The van der Waals surface area contributed by atoms with E-state index >= 15 is 0 Å². The van der Waals surface area contributed by atoms with Crippen molar-refractivity contribution in [3.8, 4) is 5.75 Å². The number of carbonyl (C=O) groups is 2. The summed E-state index contributed by atoms with van der Waals surface area (Å²) in [6.45, 7) is 8.52. The molecule has 28 heavy (non-hydrogen) atoms. The third kappa shape index (κ3) is 7.23. The van der Waals surface area contributed by atoms with Gasteiger partial charge in [-0.25, -0.2) is 4.79 Å². The summed E-state index contributed by atoms with van der Waals surface area (Å²) in [6.07, 6.45) is 2.94. The predicted molar refractivity (Wildman–Crippen MR) is 108 cm³/mol. The molecule has 0 spiro atoms. The number of likely N-dealkylation sites (tertiary alicyclic amines) is 1. The molecule has 0 radical (unpaired) electrons. The van der Waals surface area contributed by atoms with Crippen LogP contribution in [0.4, 0.5) is 4.79 Å². The van der Waals surface area contributed by atoms with Gasteiger partial charge in [0.1, 0.15) is 12.4 Å². The maximum atomic E-state index is 12.3. The Morgan fingerprint density at radius 1 is 1.29 bits per heavy atom. The highest BCUT2D eigenvalue weighted by atomic mass is 16.6. The summed E-state index contributed by atoms with van der Waals surface area (Å²) >= 11 is 0.